The molecule has 0 aliphatic carbocycles. The predicted molar refractivity (Wildman–Crippen MR) is 84.7 cm³/mol. The number of rotatable bonds is 4. The maximum atomic E-state index is 13.1. The van der Waals surface area contributed by atoms with Crippen molar-refractivity contribution >= 4 is 22.3 Å². The molecule has 0 atom stereocenters. The van der Waals surface area contributed by atoms with Gasteiger partial charge in [0.15, 0.2) is 0 Å². The van der Waals surface area contributed by atoms with Crippen LogP contribution in [-0.2, 0) is 6.42 Å². The normalized spacial score (nSPS) is 10.7. The van der Waals surface area contributed by atoms with Gasteiger partial charge < -0.3 is 11.1 Å². The van der Waals surface area contributed by atoms with E-state index in [0.29, 0.717) is 5.69 Å². The Morgan fingerprint density at radius 2 is 2.00 bits per heavy atom. The van der Waals surface area contributed by atoms with Crippen molar-refractivity contribution in [1.29, 1.82) is 0 Å². The van der Waals surface area contributed by atoms with E-state index in [-0.39, 0.29) is 5.82 Å². The molecule has 4 heteroatoms. The highest BCUT2D eigenvalue weighted by Crippen LogP contribution is 2.23. The van der Waals surface area contributed by atoms with Gasteiger partial charge in [-0.1, -0.05) is 12.1 Å². The first-order valence-electron chi connectivity index (χ1n) is 6.85. The molecule has 0 saturated heterocycles. The minimum Gasteiger partial charge on any atom is -0.399 e. The monoisotopic (exact) mass is 281 g/mol. The molecular weight excluding hydrogens is 265 g/mol. The largest absolute Gasteiger partial charge is 0.399 e. The average molecular weight is 281 g/mol. The third-order valence-electron chi connectivity index (χ3n) is 3.38. The van der Waals surface area contributed by atoms with E-state index >= 15 is 0 Å². The summed E-state index contributed by atoms with van der Waals surface area (Å²) in [7, 11) is 0. The van der Waals surface area contributed by atoms with Gasteiger partial charge in [0.25, 0.3) is 0 Å². The third-order valence-corrected chi connectivity index (χ3v) is 3.38. The SMILES string of the molecule is Nc1ccc2c(NCCc3cccc(F)c3)ccnc2c1. The first-order chi connectivity index (χ1) is 10.2. The summed E-state index contributed by atoms with van der Waals surface area (Å²) < 4.78 is 13.1. The lowest BCUT2D eigenvalue weighted by Gasteiger charge is -2.10. The fraction of sp³-hybridized carbons (Fsp3) is 0.118. The Hall–Kier alpha value is -2.62. The van der Waals surface area contributed by atoms with Crippen molar-refractivity contribution in [3.8, 4) is 0 Å². The van der Waals surface area contributed by atoms with Gasteiger partial charge in [0.1, 0.15) is 5.82 Å². The first-order valence-corrected chi connectivity index (χ1v) is 6.85. The number of anilines is 2. The molecule has 0 bridgehead atoms. The van der Waals surface area contributed by atoms with Crippen LogP contribution in [0.4, 0.5) is 15.8 Å². The van der Waals surface area contributed by atoms with Gasteiger partial charge in [-0.15, -0.1) is 0 Å². The molecule has 0 fully saturated rings. The Morgan fingerprint density at radius 3 is 2.86 bits per heavy atom. The molecule has 0 radical (unpaired) electrons. The molecular formula is C17H16FN3. The molecule has 3 N–H and O–H groups in total. The molecule has 0 aliphatic heterocycles. The summed E-state index contributed by atoms with van der Waals surface area (Å²) in [6, 6.07) is 14.3. The van der Waals surface area contributed by atoms with Crippen molar-refractivity contribution in [2.75, 3.05) is 17.6 Å². The Kier molecular flexibility index (Phi) is 3.69. The predicted octanol–water partition coefficient (Wildman–Crippen LogP) is 3.61. The van der Waals surface area contributed by atoms with E-state index in [1.165, 1.54) is 6.07 Å². The number of hydrogen-bond donors (Lipinski definition) is 2. The Bertz CT molecular complexity index is 771. The second kappa shape index (κ2) is 5.79. The van der Waals surface area contributed by atoms with Crippen molar-refractivity contribution in [2.24, 2.45) is 0 Å². The van der Waals surface area contributed by atoms with E-state index < -0.39 is 0 Å². The Labute approximate surface area is 122 Å². The van der Waals surface area contributed by atoms with Crippen LogP contribution in [0.1, 0.15) is 5.56 Å². The lowest BCUT2D eigenvalue weighted by Crippen LogP contribution is -2.05. The number of nitrogens with one attached hydrogen (secondary N) is 1. The van der Waals surface area contributed by atoms with E-state index in [9.17, 15) is 4.39 Å². The molecule has 3 aromatic rings. The molecule has 1 aromatic heterocycles. The highest BCUT2D eigenvalue weighted by molar-refractivity contribution is 5.92. The molecule has 3 rings (SSSR count). The third kappa shape index (κ3) is 3.11. The molecule has 0 spiro atoms. The van der Waals surface area contributed by atoms with Crippen molar-refractivity contribution in [2.45, 2.75) is 6.42 Å². The van der Waals surface area contributed by atoms with Crippen LogP contribution in [0.15, 0.2) is 54.7 Å². The fourth-order valence-corrected chi connectivity index (χ4v) is 2.35. The molecule has 1 heterocycles. The van der Waals surface area contributed by atoms with E-state index in [4.69, 9.17) is 5.73 Å². The fourth-order valence-electron chi connectivity index (χ4n) is 2.35. The molecule has 106 valence electrons. The Morgan fingerprint density at radius 1 is 1.10 bits per heavy atom. The van der Waals surface area contributed by atoms with Crippen LogP contribution >= 0.6 is 0 Å². The van der Waals surface area contributed by atoms with Crippen molar-refractivity contribution in [1.82, 2.24) is 4.98 Å². The standard InChI is InChI=1S/C17H16FN3/c18-13-3-1-2-12(10-13)6-8-20-16-7-9-21-17-11-14(19)4-5-15(16)17/h1-5,7,9-11H,6,8,19H2,(H,20,21). The number of hydrogen-bond acceptors (Lipinski definition) is 3. The zero-order valence-corrected chi connectivity index (χ0v) is 11.5. The van der Waals surface area contributed by atoms with Gasteiger partial charge in [-0.2, -0.15) is 0 Å². The number of fused-ring (bicyclic) bond motifs is 1. The van der Waals surface area contributed by atoms with E-state index in [2.05, 4.69) is 10.3 Å². The maximum absolute atomic E-state index is 13.1. The van der Waals surface area contributed by atoms with Gasteiger partial charge in [-0.3, -0.25) is 4.98 Å². The summed E-state index contributed by atoms with van der Waals surface area (Å²) in [5.41, 5.74) is 9.32. The minimum atomic E-state index is -0.197. The van der Waals surface area contributed by atoms with Crippen LogP contribution in [0, 0.1) is 5.82 Å². The number of benzene rings is 2. The van der Waals surface area contributed by atoms with Gasteiger partial charge >= 0.3 is 0 Å². The zero-order valence-electron chi connectivity index (χ0n) is 11.5. The Balaban J connectivity index is 1.73. The van der Waals surface area contributed by atoms with Crippen molar-refractivity contribution in [3.63, 3.8) is 0 Å². The number of aromatic nitrogens is 1. The van der Waals surface area contributed by atoms with Gasteiger partial charge in [-0.05, 0) is 48.4 Å². The number of nitrogens with two attached hydrogens (primary N) is 1. The van der Waals surface area contributed by atoms with E-state index in [0.717, 1.165) is 35.1 Å². The van der Waals surface area contributed by atoms with Gasteiger partial charge in [-0.25, -0.2) is 4.39 Å². The smallest absolute Gasteiger partial charge is 0.123 e. The molecule has 0 unspecified atom stereocenters. The molecule has 3 nitrogen and oxygen atoms in total. The van der Waals surface area contributed by atoms with E-state index in [1.807, 2.05) is 30.3 Å². The summed E-state index contributed by atoms with van der Waals surface area (Å²) >= 11 is 0. The number of pyridine rings is 1. The van der Waals surface area contributed by atoms with Crippen LogP contribution in [0.3, 0.4) is 0 Å². The molecule has 0 aliphatic rings. The highest BCUT2D eigenvalue weighted by Gasteiger charge is 2.02. The van der Waals surface area contributed by atoms with Gasteiger partial charge in [0, 0.05) is 29.5 Å². The average Bonchev–Trinajstić information content (AvgIpc) is 2.47. The summed E-state index contributed by atoms with van der Waals surface area (Å²) in [6.07, 6.45) is 2.52. The van der Waals surface area contributed by atoms with Crippen molar-refractivity contribution < 1.29 is 4.39 Å². The maximum Gasteiger partial charge on any atom is 0.123 e. The second-order valence-corrected chi connectivity index (χ2v) is 4.94. The van der Waals surface area contributed by atoms with Crippen LogP contribution in [0.25, 0.3) is 10.9 Å². The lowest BCUT2D eigenvalue weighted by atomic mass is 10.1. The number of nitrogens with zero attached hydrogens (tertiary/aromatic N) is 1. The van der Waals surface area contributed by atoms with E-state index in [1.54, 1.807) is 18.3 Å². The minimum absolute atomic E-state index is 0.197. The number of halogens is 1. The molecule has 0 saturated carbocycles. The van der Waals surface area contributed by atoms with Crippen LogP contribution in [-0.4, -0.2) is 11.5 Å². The first kappa shape index (κ1) is 13.4. The molecule has 0 amide bonds. The zero-order chi connectivity index (χ0) is 14.7. The van der Waals surface area contributed by atoms with Crippen molar-refractivity contribution in [3.05, 3.63) is 66.1 Å². The lowest BCUT2D eigenvalue weighted by molar-refractivity contribution is 0.625. The van der Waals surface area contributed by atoms with Crippen LogP contribution in [0.5, 0.6) is 0 Å². The second-order valence-electron chi connectivity index (χ2n) is 4.94. The summed E-state index contributed by atoms with van der Waals surface area (Å²) in [4.78, 5) is 4.31. The number of nitrogen functional groups attached to an aromatic ring is 1. The van der Waals surface area contributed by atoms with Gasteiger partial charge in [0.2, 0.25) is 0 Å². The summed E-state index contributed by atoms with van der Waals surface area (Å²) in [5, 5.41) is 4.41. The quantitative estimate of drug-likeness (QED) is 0.718. The van der Waals surface area contributed by atoms with Gasteiger partial charge in [0.05, 0.1) is 5.52 Å². The molecule has 21 heavy (non-hydrogen) atoms. The van der Waals surface area contributed by atoms with Crippen LogP contribution < -0.4 is 11.1 Å². The van der Waals surface area contributed by atoms with Crippen LogP contribution in [0.2, 0.25) is 0 Å². The topological polar surface area (TPSA) is 50.9 Å². The highest BCUT2D eigenvalue weighted by atomic mass is 19.1. The summed E-state index contributed by atoms with van der Waals surface area (Å²) in [6.45, 7) is 0.729. The summed E-state index contributed by atoms with van der Waals surface area (Å²) in [5.74, 6) is -0.197. The molecule has 2 aromatic carbocycles.